The normalized spacial score (nSPS) is 13.5. The molecule has 0 bridgehead atoms. The molecule has 3 rings (SSSR count). The third-order valence-corrected chi connectivity index (χ3v) is 3.47. The standard InChI is InChI=1S/C15H14N2O4/c18-9-11-1-6-15-12(7-11)8-16(10-21-15)13-2-4-14(5-3-13)17(19)20/h1-7,18H,8-10H2. The maximum atomic E-state index is 10.7. The molecule has 0 fully saturated rings. The Morgan fingerprint density at radius 3 is 2.67 bits per heavy atom. The smallest absolute Gasteiger partial charge is 0.269 e. The number of fused-ring (bicyclic) bond motifs is 1. The van der Waals surface area contributed by atoms with Crippen molar-refractivity contribution in [2.24, 2.45) is 0 Å². The second kappa shape index (κ2) is 5.41. The summed E-state index contributed by atoms with van der Waals surface area (Å²) in [5, 5.41) is 19.9. The summed E-state index contributed by atoms with van der Waals surface area (Å²) in [4.78, 5) is 12.2. The number of rotatable bonds is 3. The fourth-order valence-electron chi connectivity index (χ4n) is 2.35. The molecule has 0 radical (unpaired) electrons. The lowest BCUT2D eigenvalue weighted by atomic mass is 10.1. The monoisotopic (exact) mass is 286 g/mol. The van der Waals surface area contributed by atoms with E-state index >= 15 is 0 Å². The van der Waals surface area contributed by atoms with Crippen LogP contribution in [-0.4, -0.2) is 16.8 Å². The largest absolute Gasteiger partial charge is 0.473 e. The molecule has 0 saturated heterocycles. The lowest BCUT2D eigenvalue weighted by molar-refractivity contribution is -0.384. The van der Waals surface area contributed by atoms with Gasteiger partial charge in [0.05, 0.1) is 11.5 Å². The van der Waals surface area contributed by atoms with E-state index in [1.165, 1.54) is 12.1 Å². The Balaban J connectivity index is 1.83. The van der Waals surface area contributed by atoms with Crippen LogP contribution in [0.4, 0.5) is 11.4 Å². The average molecular weight is 286 g/mol. The van der Waals surface area contributed by atoms with E-state index in [2.05, 4.69) is 0 Å². The van der Waals surface area contributed by atoms with Crippen molar-refractivity contribution >= 4 is 11.4 Å². The van der Waals surface area contributed by atoms with Crippen molar-refractivity contribution < 1.29 is 14.8 Å². The molecule has 0 amide bonds. The number of aliphatic hydroxyl groups is 1. The Morgan fingerprint density at radius 2 is 2.00 bits per heavy atom. The van der Waals surface area contributed by atoms with E-state index in [4.69, 9.17) is 4.74 Å². The van der Waals surface area contributed by atoms with Crippen LogP contribution in [0.25, 0.3) is 0 Å². The first-order chi connectivity index (χ1) is 10.2. The van der Waals surface area contributed by atoms with Crippen molar-refractivity contribution in [3.63, 3.8) is 0 Å². The molecule has 0 atom stereocenters. The Hall–Kier alpha value is -2.60. The molecular weight excluding hydrogens is 272 g/mol. The van der Waals surface area contributed by atoms with Crippen molar-refractivity contribution in [2.75, 3.05) is 11.6 Å². The molecule has 0 aromatic heterocycles. The topological polar surface area (TPSA) is 75.8 Å². The minimum Gasteiger partial charge on any atom is -0.473 e. The first kappa shape index (κ1) is 13.4. The van der Waals surface area contributed by atoms with Gasteiger partial charge in [0.25, 0.3) is 5.69 Å². The third kappa shape index (κ3) is 2.66. The van der Waals surface area contributed by atoms with E-state index in [0.29, 0.717) is 13.3 Å². The molecule has 2 aromatic carbocycles. The number of hydrogen-bond donors (Lipinski definition) is 1. The van der Waals surface area contributed by atoms with Gasteiger partial charge in [-0.05, 0) is 29.8 Å². The highest BCUT2D eigenvalue weighted by atomic mass is 16.6. The summed E-state index contributed by atoms with van der Waals surface area (Å²) in [5.41, 5.74) is 2.76. The van der Waals surface area contributed by atoms with E-state index in [1.54, 1.807) is 12.1 Å². The number of non-ortho nitro benzene ring substituents is 1. The van der Waals surface area contributed by atoms with Crippen LogP contribution in [0, 0.1) is 10.1 Å². The lowest BCUT2D eigenvalue weighted by Gasteiger charge is -2.31. The summed E-state index contributed by atoms with van der Waals surface area (Å²) in [6.07, 6.45) is 0. The first-order valence-electron chi connectivity index (χ1n) is 6.52. The van der Waals surface area contributed by atoms with Crippen molar-refractivity contribution in [1.82, 2.24) is 0 Å². The van der Waals surface area contributed by atoms with Gasteiger partial charge >= 0.3 is 0 Å². The zero-order valence-electron chi connectivity index (χ0n) is 11.2. The van der Waals surface area contributed by atoms with Gasteiger partial charge in [0.15, 0.2) is 6.73 Å². The number of nitro benzene ring substituents is 1. The maximum Gasteiger partial charge on any atom is 0.269 e. The summed E-state index contributed by atoms with van der Waals surface area (Å²) in [5.74, 6) is 0.811. The van der Waals surface area contributed by atoms with E-state index < -0.39 is 4.92 Å². The quantitative estimate of drug-likeness (QED) is 0.692. The van der Waals surface area contributed by atoms with Gasteiger partial charge in [-0.2, -0.15) is 0 Å². The molecule has 0 unspecified atom stereocenters. The van der Waals surface area contributed by atoms with Crippen LogP contribution in [0.3, 0.4) is 0 Å². The number of anilines is 1. The van der Waals surface area contributed by atoms with Gasteiger partial charge in [-0.15, -0.1) is 0 Å². The highest BCUT2D eigenvalue weighted by Gasteiger charge is 2.18. The molecule has 1 aliphatic heterocycles. The molecule has 1 aliphatic rings. The molecule has 21 heavy (non-hydrogen) atoms. The highest BCUT2D eigenvalue weighted by molar-refractivity contribution is 5.53. The van der Waals surface area contributed by atoms with Gasteiger partial charge in [-0.25, -0.2) is 0 Å². The number of hydrogen-bond acceptors (Lipinski definition) is 5. The molecule has 1 heterocycles. The molecule has 108 valence electrons. The number of ether oxygens (including phenoxy) is 1. The third-order valence-electron chi connectivity index (χ3n) is 3.47. The molecule has 6 heteroatoms. The highest BCUT2D eigenvalue weighted by Crippen LogP contribution is 2.29. The minimum absolute atomic E-state index is 0.00912. The van der Waals surface area contributed by atoms with Crippen LogP contribution in [-0.2, 0) is 13.2 Å². The number of benzene rings is 2. The first-order valence-corrected chi connectivity index (χ1v) is 6.52. The van der Waals surface area contributed by atoms with Gasteiger partial charge in [0.1, 0.15) is 5.75 Å². The van der Waals surface area contributed by atoms with Crippen molar-refractivity contribution in [2.45, 2.75) is 13.2 Å². The molecule has 0 aliphatic carbocycles. The Morgan fingerprint density at radius 1 is 1.24 bits per heavy atom. The van der Waals surface area contributed by atoms with Gasteiger partial charge in [0.2, 0.25) is 0 Å². The molecule has 0 saturated carbocycles. The van der Waals surface area contributed by atoms with Crippen LogP contribution in [0.15, 0.2) is 42.5 Å². The predicted octanol–water partition coefficient (Wildman–Crippen LogP) is 2.44. The van der Waals surface area contributed by atoms with Gasteiger partial charge in [-0.1, -0.05) is 6.07 Å². The van der Waals surface area contributed by atoms with E-state index in [0.717, 1.165) is 22.6 Å². The second-order valence-electron chi connectivity index (χ2n) is 4.85. The Kier molecular flexibility index (Phi) is 3.45. The van der Waals surface area contributed by atoms with Crippen LogP contribution < -0.4 is 9.64 Å². The van der Waals surface area contributed by atoms with Gasteiger partial charge in [-0.3, -0.25) is 10.1 Å². The van der Waals surface area contributed by atoms with Crippen LogP contribution in [0.2, 0.25) is 0 Å². The molecular formula is C15H14N2O4. The summed E-state index contributed by atoms with van der Waals surface area (Å²) >= 11 is 0. The lowest BCUT2D eigenvalue weighted by Crippen LogP contribution is -2.31. The van der Waals surface area contributed by atoms with Crippen molar-refractivity contribution in [1.29, 1.82) is 0 Å². The average Bonchev–Trinajstić information content (AvgIpc) is 2.53. The summed E-state index contributed by atoms with van der Waals surface area (Å²) in [6.45, 7) is 1.02. The minimum atomic E-state index is -0.417. The Labute approximate surface area is 121 Å². The fourth-order valence-corrected chi connectivity index (χ4v) is 2.35. The van der Waals surface area contributed by atoms with E-state index in [-0.39, 0.29) is 12.3 Å². The van der Waals surface area contributed by atoms with Crippen LogP contribution in [0.5, 0.6) is 5.75 Å². The van der Waals surface area contributed by atoms with Crippen LogP contribution in [0.1, 0.15) is 11.1 Å². The summed E-state index contributed by atoms with van der Waals surface area (Å²) in [7, 11) is 0. The predicted molar refractivity (Wildman–Crippen MR) is 77.1 cm³/mol. The molecule has 1 N–H and O–H groups in total. The molecule has 6 nitrogen and oxygen atoms in total. The van der Waals surface area contributed by atoms with Crippen LogP contribution >= 0.6 is 0 Å². The zero-order chi connectivity index (χ0) is 14.8. The number of nitrogens with zero attached hydrogens (tertiary/aromatic N) is 2. The summed E-state index contributed by atoms with van der Waals surface area (Å²) in [6, 6.07) is 12.0. The maximum absolute atomic E-state index is 10.7. The molecule has 2 aromatic rings. The van der Waals surface area contributed by atoms with Gasteiger partial charge < -0.3 is 14.7 Å². The second-order valence-corrected chi connectivity index (χ2v) is 4.85. The van der Waals surface area contributed by atoms with Gasteiger partial charge in [0, 0.05) is 29.9 Å². The Bertz CT molecular complexity index is 670. The fraction of sp³-hybridized carbons (Fsp3) is 0.200. The SMILES string of the molecule is O=[N+]([O-])c1ccc(N2COc3ccc(CO)cc3C2)cc1. The summed E-state index contributed by atoms with van der Waals surface area (Å²) < 4.78 is 5.68. The number of nitro groups is 1. The van der Waals surface area contributed by atoms with Crippen molar-refractivity contribution in [3.8, 4) is 5.75 Å². The zero-order valence-corrected chi connectivity index (χ0v) is 11.2. The van der Waals surface area contributed by atoms with E-state index in [1.807, 2.05) is 23.1 Å². The number of aliphatic hydroxyl groups excluding tert-OH is 1. The van der Waals surface area contributed by atoms with Crippen molar-refractivity contribution in [3.05, 3.63) is 63.7 Å². The van der Waals surface area contributed by atoms with E-state index in [9.17, 15) is 15.2 Å². The molecule has 0 spiro atoms.